The van der Waals surface area contributed by atoms with Gasteiger partial charge in [-0.1, -0.05) is 37.5 Å². The number of amidine groups is 1. The molecular weight excluding hydrogens is 288 g/mol. The van der Waals surface area contributed by atoms with Crippen molar-refractivity contribution in [2.75, 3.05) is 5.32 Å². The molecule has 0 bridgehead atoms. The fraction of sp³-hybridized carbons (Fsp3) is 0.333. The molecular formula is C18H22N4O. The first-order chi connectivity index (χ1) is 11.1. The third-order valence-corrected chi connectivity index (χ3v) is 4.35. The van der Waals surface area contributed by atoms with Crippen LogP contribution in [0.15, 0.2) is 36.4 Å². The molecule has 1 aliphatic rings. The Morgan fingerprint density at radius 1 is 1.04 bits per heavy atom. The van der Waals surface area contributed by atoms with Gasteiger partial charge in [-0.25, -0.2) is 4.79 Å². The van der Waals surface area contributed by atoms with Crippen molar-refractivity contribution < 1.29 is 4.79 Å². The lowest BCUT2D eigenvalue weighted by atomic mass is 9.96. The summed E-state index contributed by atoms with van der Waals surface area (Å²) in [6, 6.07) is 11.5. The topological polar surface area (TPSA) is 91.0 Å². The summed E-state index contributed by atoms with van der Waals surface area (Å²) < 4.78 is 0. The number of nitrogens with two attached hydrogens (primary N) is 1. The Morgan fingerprint density at radius 3 is 2.48 bits per heavy atom. The van der Waals surface area contributed by atoms with E-state index in [1.165, 1.54) is 19.3 Å². The van der Waals surface area contributed by atoms with E-state index in [0.717, 1.165) is 29.3 Å². The maximum Gasteiger partial charge on any atom is 0.319 e. The highest BCUT2D eigenvalue weighted by atomic mass is 16.2. The Labute approximate surface area is 135 Å². The quantitative estimate of drug-likeness (QED) is 0.515. The number of amides is 2. The zero-order valence-electron chi connectivity index (χ0n) is 13.1. The largest absolute Gasteiger partial charge is 0.384 e. The van der Waals surface area contributed by atoms with Crippen LogP contribution in [-0.2, 0) is 0 Å². The van der Waals surface area contributed by atoms with Crippen molar-refractivity contribution in [1.29, 1.82) is 5.41 Å². The molecule has 5 nitrogen and oxygen atoms in total. The Kier molecular flexibility index (Phi) is 4.46. The lowest BCUT2D eigenvalue weighted by molar-refractivity contribution is 0.244. The average molecular weight is 310 g/mol. The molecule has 5 N–H and O–H groups in total. The standard InChI is InChI=1S/C18H22N4O/c19-17(20)14-7-6-13-11-16(9-8-12(13)10-14)22-18(23)21-15-4-2-1-3-5-15/h6-11,15H,1-5H2,(H3,19,20)(H2,21,22,23). The van der Waals surface area contributed by atoms with Crippen LogP contribution in [0.3, 0.4) is 0 Å². The van der Waals surface area contributed by atoms with Crippen LogP contribution in [0.4, 0.5) is 10.5 Å². The van der Waals surface area contributed by atoms with Crippen LogP contribution < -0.4 is 16.4 Å². The predicted octanol–water partition coefficient (Wildman–Crippen LogP) is 3.58. The third-order valence-electron chi connectivity index (χ3n) is 4.35. The number of benzene rings is 2. The molecule has 2 aromatic rings. The van der Waals surface area contributed by atoms with E-state index >= 15 is 0 Å². The molecule has 0 spiro atoms. The molecule has 120 valence electrons. The van der Waals surface area contributed by atoms with Crippen molar-refractivity contribution in [3.63, 3.8) is 0 Å². The highest BCUT2D eigenvalue weighted by Crippen LogP contribution is 2.21. The fourth-order valence-corrected chi connectivity index (χ4v) is 3.09. The van der Waals surface area contributed by atoms with Crippen LogP contribution in [0.2, 0.25) is 0 Å². The molecule has 0 aliphatic heterocycles. The van der Waals surface area contributed by atoms with E-state index in [2.05, 4.69) is 10.6 Å². The van der Waals surface area contributed by atoms with Crippen LogP contribution in [0, 0.1) is 5.41 Å². The minimum atomic E-state index is -0.142. The van der Waals surface area contributed by atoms with Gasteiger partial charge in [0.1, 0.15) is 5.84 Å². The zero-order valence-corrected chi connectivity index (χ0v) is 13.1. The Balaban J connectivity index is 1.69. The van der Waals surface area contributed by atoms with Gasteiger partial charge in [0.05, 0.1) is 0 Å². The van der Waals surface area contributed by atoms with Gasteiger partial charge in [0.2, 0.25) is 0 Å². The fourth-order valence-electron chi connectivity index (χ4n) is 3.09. The van der Waals surface area contributed by atoms with Gasteiger partial charge >= 0.3 is 6.03 Å². The van der Waals surface area contributed by atoms with E-state index in [0.29, 0.717) is 11.6 Å². The van der Waals surface area contributed by atoms with Crippen LogP contribution in [0.25, 0.3) is 10.8 Å². The van der Waals surface area contributed by atoms with E-state index < -0.39 is 0 Å². The van der Waals surface area contributed by atoms with Gasteiger partial charge in [-0.05, 0) is 41.8 Å². The third kappa shape index (κ3) is 3.80. The molecule has 1 fully saturated rings. The van der Waals surface area contributed by atoms with Gasteiger partial charge in [-0.15, -0.1) is 0 Å². The molecule has 5 heteroatoms. The number of hydrogen-bond acceptors (Lipinski definition) is 2. The van der Waals surface area contributed by atoms with Crippen LogP contribution in [-0.4, -0.2) is 17.9 Å². The second kappa shape index (κ2) is 6.69. The molecule has 0 radical (unpaired) electrons. The number of nitrogens with one attached hydrogen (secondary N) is 3. The van der Waals surface area contributed by atoms with E-state index in [1.54, 1.807) is 0 Å². The number of urea groups is 1. The smallest absolute Gasteiger partial charge is 0.319 e. The van der Waals surface area contributed by atoms with E-state index in [4.69, 9.17) is 11.1 Å². The molecule has 0 atom stereocenters. The summed E-state index contributed by atoms with van der Waals surface area (Å²) in [5, 5.41) is 15.4. The number of carbonyl (C=O) groups excluding carboxylic acids is 1. The first-order valence-electron chi connectivity index (χ1n) is 8.07. The Hall–Kier alpha value is -2.56. The summed E-state index contributed by atoms with van der Waals surface area (Å²) in [6.07, 6.45) is 5.80. The van der Waals surface area contributed by atoms with Crippen molar-refractivity contribution in [3.8, 4) is 0 Å². The number of anilines is 1. The Bertz CT molecular complexity index is 735. The molecule has 0 heterocycles. The van der Waals surface area contributed by atoms with Gasteiger partial charge in [-0.2, -0.15) is 0 Å². The molecule has 0 unspecified atom stereocenters. The molecule has 1 saturated carbocycles. The van der Waals surface area contributed by atoms with Crippen molar-refractivity contribution in [2.45, 2.75) is 38.1 Å². The second-order valence-corrected chi connectivity index (χ2v) is 6.12. The van der Waals surface area contributed by atoms with E-state index in [9.17, 15) is 4.79 Å². The maximum atomic E-state index is 12.1. The first kappa shape index (κ1) is 15.3. The first-order valence-corrected chi connectivity index (χ1v) is 8.07. The summed E-state index contributed by atoms with van der Waals surface area (Å²) in [5.41, 5.74) is 6.97. The lowest BCUT2D eigenvalue weighted by Gasteiger charge is -2.22. The van der Waals surface area contributed by atoms with Crippen LogP contribution in [0.5, 0.6) is 0 Å². The highest BCUT2D eigenvalue weighted by Gasteiger charge is 2.15. The van der Waals surface area contributed by atoms with Crippen LogP contribution >= 0.6 is 0 Å². The molecule has 0 saturated heterocycles. The molecule has 0 aromatic heterocycles. The monoisotopic (exact) mass is 310 g/mol. The van der Waals surface area contributed by atoms with E-state index in [-0.39, 0.29) is 11.9 Å². The summed E-state index contributed by atoms with van der Waals surface area (Å²) in [6.45, 7) is 0. The van der Waals surface area contributed by atoms with Crippen molar-refractivity contribution in [2.24, 2.45) is 5.73 Å². The predicted molar refractivity (Wildman–Crippen MR) is 94.0 cm³/mol. The minimum Gasteiger partial charge on any atom is -0.384 e. The molecule has 1 aliphatic carbocycles. The van der Waals surface area contributed by atoms with Crippen LogP contribution in [0.1, 0.15) is 37.7 Å². The number of carbonyl (C=O) groups is 1. The van der Waals surface area contributed by atoms with Gasteiger partial charge in [0.15, 0.2) is 0 Å². The Morgan fingerprint density at radius 2 is 1.74 bits per heavy atom. The second-order valence-electron chi connectivity index (χ2n) is 6.12. The van der Waals surface area contributed by atoms with Crippen molar-refractivity contribution in [1.82, 2.24) is 5.32 Å². The highest BCUT2D eigenvalue weighted by molar-refractivity contribution is 6.00. The van der Waals surface area contributed by atoms with Gasteiger partial charge < -0.3 is 16.4 Å². The molecule has 2 aromatic carbocycles. The normalized spacial score (nSPS) is 15.3. The summed E-state index contributed by atoms with van der Waals surface area (Å²) >= 11 is 0. The average Bonchev–Trinajstić information content (AvgIpc) is 2.55. The number of fused-ring (bicyclic) bond motifs is 1. The van der Waals surface area contributed by atoms with E-state index in [1.807, 2.05) is 36.4 Å². The van der Waals surface area contributed by atoms with Gasteiger partial charge in [0.25, 0.3) is 0 Å². The molecule has 2 amide bonds. The SMILES string of the molecule is N=C(N)c1ccc2cc(NC(=O)NC3CCCCC3)ccc2c1. The van der Waals surface area contributed by atoms with Gasteiger partial charge in [-0.3, -0.25) is 5.41 Å². The number of nitrogen functional groups attached to an aromatic ring is 1. The maximum absolute atomic E-state index is 12.1. The molecule has 3 rings (SSSR count). The lowest BCUT2D eigenvalue weighted by Crippen LogP contribution is -2.38. The molecule has 23 heavy (non-hydrogen) atoms. The minimum absolute atomic E-state index is 0.0564. The van der Waals surface area contributed by atoms with Gasteiger partial charge in [0, 0.05) is 17.3 Å². The number of hydrogen-bond donors (Lipinski definition) is 4. The summed E-state index contributed by atoms with van der Waals surface area (Å²) in [5.74, 6) is 0.0564. The summed E-state index contributed by atoms with van der Waals surface area (Å²) in [4.78, 5) is 12.1. The van der Waals surface area contributed by atoms with Crippen molar-refractivity contribution in [3.05, 3.63) is 42.0 Å². The summed E-state index contributed by atoms with van der Waals surface area (Å²) in [7, 11) is 0. The zero-order chi connectivity index (χ0) is 16.2. The van der Waals surface area contributed by atoms with Crippen molar-refractivity contribution >= 4 is 28.3 Å². The number of rotatable bonds is 3.